The molecule has 0 unspecified atom stereocenters. The summed E-state index contributed by atoms with van der Waals surface area (Å²) < 4.78 is 28.9. The van der Waals surface area contributed by atoms with Crippen LogP contribution in [0.15, 0.2) is 24.3 Å². The molecule has 0 radical (unpaired) electrons. The molecule has 0 bridgehead atoms. The number of rotatable bonds is 6. The first-order chi connectivity index (χ1) is 10.9. The Bertz CT molecular complexity index is 629. The lowest BCUT2D eigenvalue weighted by Gasteiger charge is -2.30. The van der Waals surface area contributed by atoms with Crippen molar-refractivity contribution in [2.45, 2.75) is 32.7 Å². The van der Waals surface area contributed by atoms with Crippen molar-refractivity contribution in [2.75, 3.05) is 30.0 Å². The van der Waals surface area contributed by atoms with Crippen LogP contribution in [0.1, 0.15) is 26.7 Å². The lowest BCUT2D eigenvalue weighted by Crippen LogP contribution is -2.43. The number of nitrogens with one attached hydrogen (secondary N) is 1. The maximum absolute atomic E-state index is 11.7. The first-order valence-corrected chi connectivity index (χ1v) is 10.2. The molecular formula is C16H24N2O3S2. The van der Waals surface area contributed by atoms with E-state index in [9.17, 15) is 8.42 Å². The van der Waals surface area contributed by atoms with E-state index in [1.807, 2.05) is 36.1 Å². The van der Waals surface area contributed by atoms with Gasteiger partial charge in [0.15, 0.2) is 14.9 Å². The summed E-state index contributed by atoms with van der Waals surface area (Å²) in [5, 5.41) is 3.79. The highest BCUT2D eigenvalue weighted by molar-refractivity contribution is 7.91. The van der Waals surface area contributed by atoms with E-state index in [2.05, 4.69) is 12.2 Å². The number of nitrogens with zero attached hydrogens (tertiary/aromatic N) is 1. The summed E-state index contributed by atoms with van der Waals surface area (Å²) in [6, 6.07) is 7.57. The van der Waals surface area contributed by atoms with Crippen LogP contribution in [0.3, 0.4) is 0 Å². The molecule has 1 heterocycles. The van der Waals surface area contributed by atoms with Gasteiger partial charge in [0, 0.05) is 18.3 Å². The fourth-order valence-corrected chi connectivity index (χ4v) is 4.80. The number of ether oxygens (including phenoxy) is 1. The molecule has 128 valence electrons. The SMILES string of the molecule is CCCN(C(=S)Nc1ccc(OCC)cc1)[C@@H]1CCS(=O)(=O)C1. The Morgan fingerprint density at radius 1 is 1.35 bits per heavy atom. The average molecular weight is 357 g/mol. The smallest absolute Gasteiger partial charge is 0.173 e. The Labute approximate surface area is 143 Å². The first-order valence-electron chi connectivity index (χ1n) is 7.96. The van der Waals surface area contributed by atoms with Crippen molar-refractivity contribution in [3.05, 3.63) is 24.3 Å². The second-order valence-corrected chi connectivity index (χ2v) is 8.25. The van der Waals surface area contributed by atoms with Crippen LogP contribution < -0.4 is 10.1 Å². The Morgan fingerprint density at radius 3 is 2.57 bits per heavy atom. The molecule has 1 aromatic rings. The second kappa shape index (κ2) is 7.97. The normalized spacial score (nSPS) is 19.3. The van der Waals surface area contributed by atoms with Crippen molar-refractivity contribution in [3.8, 4) is 5.75 Å². The summed E-state index contributed by atoms with van der Waals surface area (Å²) in [7, 11) is -2.92. The molecule has 1 aliphatic heterocycles. The Morgan fingerprint density at radius 2 is 2.04 bits per heavy atom. The van der Waals surface area contributed by atoms with Crippen LogP contribution in [0.2, 0.25) is 0 Å². The summed E-state index contributed by atoms with van der Waals surface area (Å²) in [6.07, 6.45) is 1.56. The van der Waals surface area contributed by atoms with Crippen molar-refractivity contribution in [3.63, 3.8) is 0 Å². The van der Waals surface area contributed by atoms with E-state index in [1.165, 1.54) is 0 Å². The summed E-state index contributed by atoms with van der Waals surface area (Å²) in [5.41, 5.74) is 0.875. The van der Waals surface area contributed by atoms with Crippen molar-refractivity contribution in [1.29, 1.82) is 0 Å². The summed E-state index contributed by atoms with van der Waals surface area (Å²) in [5.74, 6) is 1.26. The topological polar surface area (TPSA) is 58.6 Å². The highest BCUT2D eigenvalue weighted by Crippen LogP contribution is 2.21. The summed E-state index contributed by atoms with van der Waals surface area (Å²) >= 11 is 5.51. The van der Waals surface area contributed by atoms with Crippen molar-refractivity contribution >= 4 is 32.9 Å². The Hall–Kier alpha value is -1.34. The predicted octanol–water partition coefficient (Wildman–Crippen LogP) is 2.68. The van der Waals surface area contributed by atoms with Gasteiger partial charge in [-0.2, -0.15) is 0 Å². The zero-order valence-corrected chi connectivity index (χ0v) is 15.3. The molecule has 0 aromatic heterocycles. The van der Waals surface area contributed by atoms with Crippen LogP contribution in [0.4, 0.5) is 5.69 Å². The predicted molar refractivity (Wildman–Crippen MR) is 97.9 cm³/mol. The highest BCUT2D eigenvalue weighted by atomic mass is 32.2. The van der Waals surface area contributed by atoms with E-state index in [-0.39, 0.29) is 17.5 Å². The lowest BCUT2D eigenvalue weighted by atomic mass is 10.2. The van der Waals surface area contributed by atoms with E-state index in [0.29, 0.717) is 18.1 Å². The Kier molecular flexibility index (Phi) is 6.24. The number of benzene rings is 1. The minimum absolute atomic E-state index is 0.0253. The van der Waals surface area contributed by atoms with Gasteiger partial charge in [0.1, 0.15) is 5.75 Å². The van der Waals surface area contributed by atoms with Gasteiger partial charge in [0.05, 0.1) is 18.1 Å². The number of anilines is 1. The van der Waals surface area contributed by atoms with E-state index < -0.39 is 9.84 Å². The first kappa shape index (κ1) is 18.0. The molecule has 2 rings (SSSR count). The van der Waals surface area contributed by atoms with E-state index in [4.69, 9.17) is 17.0 Å². The summed E-state index contributed by atoms with van der Waals surface area (Å²) in [6.45, 7) is 5.39. The van der Waals surface area contributed by atoms with Crippen LogP contribution in [0.5, 0.6) is 5.75 Å². The maximum Gasteiger partial charge on any atom is 0.173 e. The van der Waals surface area contributed by atoms with Gasteiger partial charge in [-0.15, -0.1) is 0 Å². The van der Waals surface area contributed by atoms with Gasteiger partial charge in [-0.05, 0) is 56.2 Å². The summed E-state index contributed by atoms with van der Waals surface area (Å²) in [4.78, 5) is 2.01. The molecular weight excluding hydrogens is 332 g/mol. The van der Waals surface area contributed by atoms with Gasteiger partial charge in [-0.1, -0.05) is 6.92 Å². The molecule has 0 spiro atoms. The molecule has 1 atom stereocenters. The van der Waals surface area contributed by atoms with Gasteiger partial charge in [-0.3, -0.25) is 0 Å². The number of hydrogen-bond donors (Lipinski definition) is 1. The van der Waals surface area contributed by atoms with Gasteiger partial charge in [0.2, 0.25) is 0 Å². The van der Waals surface area contributed by atoms with E-state index in [0.717, 1.165) is 24.4 Å². The van der Waals surface area contributed by atoms with Gasteiger partial charge in [0.25, 0.3) is 0 Å². The minimum Gasteiger partial charge on any atom is -0.494 e. The minimum atomic E-state index is -2.92. The second-order valence-electron chi connectivity index (χ2n) is 5.64. The van der Waals surface area contributed by atoms with E-state index >= 15 is 0 Å². The molecule has 0 aliphatic carbocycles. The van der Waals surface area contributed by atoms with Crippen LogP contribution >= 0.6 is 12.2 Å². The zero-order valence-electron chi connectivity index (χ0n) is 13.6. The van der Waals surface area contributed by atoms with Crippen LogP contribution in [0.25, 0.3) is 0 Å². The molecule has 1 aliphatic rings. The molecule has 1 aromatic carbocycles. The van der Waals surface area contributed by atoms with Crippen molar-refractivity contribution < 1.29 is 13.2 Å². The zero-order chi connectivity index (χ0) is 16.9. The van der Waals surface area contributed by atoms with E-state index in [1.54, 1.807) is 0 Å². The van der Waals surface area contributed by atoms with Gasteiger partial charge in [-0.25, -0.2) is 8.42 Å². The van der Waals surface area contributed by atoms with Gasteiger partial charge >= 0.3 is 0 Å². The van der Waals surface area contributed by atoms with Crippen molar-refractivity contribution in [1.82, 2.24) is 4.90 Å². The number of sulfone groups is 1. The van der Waals surface area contributed by atoms with Crippen LogP contribution in [-0.4, -0.2) is 49.1 Å². The number of hydrogen-bond acceptors (Lipinski definition) is 4. The third-order valence-electron chi connectivity index (χ3n) is 3.79. The average Bonchev–Trinajstić information content (AvgIpc) is 2.87. The third-order valence-corrected chi connectivity index (χ3v) is 5.88. The molecule has 1 saturated heterocycles. The molecule has 1 N–H and O–H groups in total. The highest BCUT2D eigenvalue weighted by Gasteiger charge is 2.33. The quantitative estimate of drug-likeness (QED) is 0.791. The standard InChI is InChI=1S/C16H24N2O3S2/c1-3-10-18(14-9-11-23(19,20)12-14)16(22)17-13-5-7-15(8-6-13)21-4-2/h5-8,14H,3-4,9-12H2,1-2H3,(H,17,22)/t14-/m1/s1. The molecule has 1 fully saturated rings. The molecule has 23 heavy (non-hydrogen) atoms. The van der Waals surface area contributed by atoms with Gasteiger partial charge < -0.3 is 15.0 Å². The lowest BCUT2D eigenvalue weighted by molar-refractivity contribution is 0.339. The largest absolute Gasteiger partial charge is 0.494 e. The fraction of sp³-hybridized carbons (Fsp3) is 0.562. The molecule has 7 heteroatoms. The van der Waals surface area contributed by atoms with Crippen molar-refractivity contribution in [2.24, 2.45) is 0 Å². The molecule has 0 amide bonds. The van der Waals surface area contributed by atoms with Crippen LogP contribution in [0, 0.1) is 0 Å². The third kappa shape index (κ3) is 5.07. The maximum atomic E-state index is 11.7. The Balaban J connectivity index is 2.03. The fourth-order valence-electron chi connectivity index (χ4n) is 2.71. The van der Waals surface area contributed by atoms with Crippen LogP contribution in [-0.2, 0) is 9.84 Å². The monoisotopic (exact) mass is 356 g/mol. The molecule has 0 saturated carbocycles. The molecule has 5 nitrogen and oxygen atoms in total. The number of thiocarbonyl (C=S) groups is 1.